The summed E-state index contributed by atoms with van der Waals surface area (Å²) in [6, 6.07) is 0.934. The highest BCUT2D eigenvalue weighted by atomic mass is 79.9. The van der Waals surface area contributed by atoms with Crippen molar-refractivity contribution < 1.29 is 31.0 Å². The van der Waals surface area contributed by atoms with Gasteiger partial charge in [0.1, 0.15) is 6.04 Å². The van der Waals surface area contributed by atoms with E-state index in [-0.39, 0.29) is 17.0 Å². The number of ether oxygens (including phenoxy) is 2. The van der Waals surface area contributed by atoms with Gasteiger partial charge < -0.3 is 26.5 Å². The molecule has 0 N–H and O–H groups in total. The zero-order valence-corrected chi connectivity index (χ0v) is 14.3. The molecule has 0 amide bonds. The Morgan fingerprint density at radius 1 is 1.35 bits per heavy atom. The molecule has 17 heavy (non-hydrogen) atoms. The summed E-state index contributed by atoms with van der Waals surface area (Å²) in [7, 11) is 0. The molecule has 0 aliphatic carbocycles. The minimum Gasteiger partial charge on any atom is -1.00 e. The number of nitrogens with zero attached hydrogens (tertiary/aromatic N) is 1. The van der Waals surface area contributed by atoms with Gasteiger partial charge in [-0.1, -0.05) is 15.9 Å². The third-order valence-electron chi connectivity index (χ3n) is 2.84. The molecule has 0 bridgehead atoms. The Hall–Kier alpha value is 0.550. The molecule has 5 heteroatoms. The molecule has 0 fully saturated rings. The van der Waals surface area contributed by atoms with Crippen molar-refractivity contribution in [2.24, 2.45) is 0 Å². The van der Waals surface area contributed by atoms with E-state index >= 15 is 0 Å². The molecular weight excluding hydrogens is 350 g/mol. The first kappa shape index (κ1) is 17.6. The maximum atomic E-state index is 5.80. The Morgan fingerprint density at radius 2 is 1.88 bits per heavy atom. The van der Waals surface area contributed by atoms with Crippen molar-refractivity contribution in [2.45, 2.75) is 52.0 Å². The van der Waals surface area contributed by atoms with E-state index in [0.29, 0.717) is 25.3 Å². The van der Waals surface area contributed by atoms with Crippen LogP contribution in [0.25, 0.3) is 0 Å². The summed E-state index contributed by atoms with van der Waals surface area (Å²) >= 11 is 3.57. The van der Waals surface area contributed by atoms with Gasteiger partial charge in [0.25, 0.3) is 5.79 Å². The number of hydrogen-bond donors (Lipinski definition) is 0. The standard InChI is InChI=1S/C12H23BrNO2.BrH/c1-5-15-12(16-6-2)7-11(8-13)14(9-12)10(3)4;/h9-11H,5-8H2,1-4H3;1H/q+1;/p-1. The summed E-state index contributed by atoms with van der Waals surface area (Å²) in [6.07, 6.45) is 3.02. The first-order valence-corrected chi connectivity index (χ1v) is 7.18. The van der Waals surface area contributed by atoms with Crippen molar-refractivity contribution in [3.8, 4) is 0 Å². The molecule has 0 saturated carbocycles. The van der Waals surface area contributed by atoms with E-state index in [1.165, 1.54) is 0 Å². The number of rotatable bonds is 6. The quantitative estimate of drug-likeness (QED) is 0.353. The lowest BCUT2D eigenvalue weighted by Gasteiger charge is -2.23. The van der Waals surface area contributed by atoms with E-state index in [1.54, 1.807) is 0 Å². The monoisotopic (exact) mass is 371 g/mol. The van der Waals surface area contributed by atoms with E-state index in [0.717, 1.165) is 11.8 Å². The van der Waals surface area contributed by atoms with Gasteiger partial charge in [-0.25, -0.2) is 4.58 Å². The molecular formula is C12H23Br2NO2. The van der Waals surface area contributed by atoms with Gasteiger partial charge >= 0.3 is 0 Å². The van der Waals surface area contributed by atoms with Gasteiger partial charge in [-0.15, -0.1) is 0 Å². The first-order chi connectivity index (χ1) is 7.58. The van der Waals surface area contributed by atoms with Gasteiger partial charge in [0.05, 0.1) is 11.8 Å². The van der Waals surface area contributed by atoms with Crippen molar-refractivity contribution in [3.05, 3.63) is 0 Å². The zero-order chi connectivity index (χ0) is 12.2. The Balaban J connectivity index is 0.00000256. The molecule has 1 rings (SSSR count). The van der Waals surface area contributed by atoms with Crippen molar-refractivity contribution in [1.82, 2.24) is 0 Å². The number of alkyl halides is 1. The predicted octanol–water partition coefficient (Wildman–Crippen LogP) is -0.581. The van der Waals surface area contributed by atoms with Crippen molar-refractivity contribution in [1.29, 1.82) is 0 Å². The van der Waals surface area contributed by atoms with Gasteiger partial charge in [-0.05, 0) is 27.7 Å². The van der Waals surface area contributed by atoms with Crippen LogP contribution in [-0.2, 0) is 9.47 Å². The molecule has 1 unspecified atom stereocenters. The molecule has 0 spiro atoms. The van der Waals surface area contributed by atoms with Gasteiger partial charge in [-0.3, -0.25) is 0 Å². The summed E-state index contributed by atoms with van der Waals surface area (Å²) in [4.78, 5) is 0. The van der Waals surface area contributed by atoms with Gasteiger partial charge in [-0.2, -0.15) is 0 Å². The second-order valence-electron chi connectivity index (χ2n) is 4.36. The number of hydrogen-bond acceptors (Lipinski definition) is 2. The fourth-order valence-electron chi connectivity index (χ4n) is 2.25. The topological polar surface area (TPSA) is 21.5 Å². The normalized spacial score (nSPS) is 22.5. The average Bonchev–Trinajstić information content (AvgIpc) is 2.58. The average molecular weight is 373 g/mol. The molecule has 1 heterocycles. The predicted molar refractivity (Wildman–Crippen MR) is 69.6 cm³/mol. The Labute approximate surface area is 123 Å². The molecule has 0 radical (unpaired) electrons. The van der Waals surface area contributed by atoms with Crippen LogP contribution in [0, 0.1) is 0 Å². The molecule has 0 aromatic carbocycles. The van der Waals surface area contributed by atoms with Crippen LogP contribution < -0.4 is 17.0 Å². The third kappa shape index (κ3) is 4.30. The molecule has 1 atom stereocenters. The minimum atomic E-state index is -0.508. The van der Waals surface area contributed by atoms with E-state index in [1.807, 2.05) is 13.8 Å². The van der Waals surface area contributed by atoms with Crippen LogP contribution in [0.4, 0.5) is 0 Å². The summed E-state index contributed by atoms with van der Waals surface area (Å²) in [5.74, 6) is -0.508. The Kier molecular flexibility index (Phi) is 8.12. The lowest BCUT2D eigenvalue weighted by Crippen LogP contribution is -3.00. The third-order valence-corrected chi connectivity index (χ3v) is 3.59. The molecule has 1 aliphatic rings. The van der Waals surface area contributed by atoms with Crippen molar-refractivity contribution in [2.75, 3.05) is 18.5 Å². The van der Waals surface area contributed by atoms with Crippen LogP contribution in [0.2, 0.25) is 0 Å². The van der Waals surface area contributed by atoms with E-state index in [4.69, 9.17) is 9.47 Å². The van der Waals surface area contributed by atoms with Gasteiger partial charge in [0, 0.05) is 13.2 Å². The molecule has 0 aromatic rings. The lowest BCUT2D eigenvalue weighted by molar-refractivity contribution is -0.578. The van der Waals surface area contributed by atoms with Crippen LogP contribution in [0.5, 0.6) is 0 Å². The lowest BCUT2D eigenvalue weighted by atomic mass is 10.1. The molecule has 0 saturated heterocycles. The van der Waals surface area contributed by atoms with E-state index < -0.39 is 5.79 Å². The van der Waals surface area contributed by atoms with Crippen LogP contribution >= 0.6 is 15.9 Å². The fourth-order valence-corrected chi connectivity index (χ4v) is 2.81. The van der Waals surface area contributed by atoms with Crippen molar-refractivity contribution >= 4 is 22.1 Å². The van der Waals surface area contributed by atoms with Crippen LogP contribution in [0.15, 0.2) is 0 Å². The van der Waals surface area contributed by atoms with Crippen LogP contribution in [0.1, 0.15) is 34.1 Å². The highest BCUT2D eigenvalue weighted by Crippen LogP contribution is 2.27. The molecule has 0 aromatic heterocycles. The SMILES string of the molecule is CCOC1(OCC)C=[N+](C(C)C)C(CBr)C1.[Br-]. The highest BCUT2D eigenvalue weighted by molar-refractivity contribution is 9.09. The van der Waals surface area contributed by atoms with Crippen LogP contribution in [-0.4, -0.2) is 47.2 Å². The molecule has 1 aliphatic heterocycles. The minimum absolute atomic E-state index is 0. The van der Waals surface area contributed by atoms with Crippen LogP contribution in [0.3, 0.4) is 0 Å². The molecule has 3 nitrogen and oxygen atoms in total. The van der Waals surface area contributed by atoms with E-state index in [9.17, 15) is 0 Å². The maximum absolute atomic E-state index is 5.80. The van der Waals surface area contributed by atoms with Gasteiger partial charge in [0.15, 0.2) is 6.04 Å². The summed E-state index contributed by atoms with van der Waals surface area (Å²) in [6.45, 7) is 9.76. The van der Waals surface area contributed by atoms with Gasteiger partial charge in [0.2, 0.25) is 6.21 Å². The first-order valence-electron chi connectivity index (χ1n) is 6.06. The fraction of sp³-hybridized carbons (Fsp3) is 0.917. The zero-order valence-electron chi connectivity index (χ0n) is 11.1. The second kappa shape index (κ2) is 7.87. The Bertz CT molecular complexity index is 251. The highest BCUT2D eigenvalue weighted by Gasteiger charge is 2.47. The molecule has 102 valence electrons. The van der Waals surface area contributed by atoms with E-state index in [2.05, 4.69) is 40.6 Å². The Morgan fingerprint density at radius 3 is 2.18 bits per heavy atom. The summed E-state index contributed by atoms with van der Waals surface area (Å²) in [5, 5.41) is 0.948. The number of halogens is 2. The smallest absolute Gasteiger partial charge is 0.254 e. The largest absolute Gasteiger partial charge is 1.00 e. The maximum Gasteiger partial charge on any atom is 0.254 e. The summed E-state index contributed by atoms with van der Waals surface area (Å²) in [5.41, 5.74) is 0. The summed E-state index contributed by atoms with van der Waals surface area (Å²) < 4.78 is 13.9. The second-order valence-corrected chi connectivity index (χ2v) is 5.01. The van der Waals surface area contributed by atoms with Crippen molar-refractivity contribution in [3.63, 3.8) is 0 Å².